The molecule has 10 heteroatoms. The maximum absolute atomic E-state index is 12.8. The van der Waals surface area contributed by atoms with Crippen LogP contribution in [0, 0.1) is 10.1 Å². The van der Waals surface area contributed by atoms with Gasteiger partial charge in [0.25, 0.3) is 11.6 Å². The third kappa shape index (κ3) is 4.64. The summed E-state index contributed by atoms with van der Waals surface area (Å²) in [5.74, 6) is -0.0538. The number of hydrogen-bond acceptors (Lipinski definition) is 6. The molecule has 3 rings (SSSR count). The molecule has 0 aliphatic rings. The number of thiazole rings is 1. The maximum Gasteiger partial charge on any atom is 0.286 e. The summed E-state index contributed by atoms with van der Waals surface area (Å²) in [5, 5.41) is 11.5. The minimum atomic E-state index is -0.733. The zero-order valence-corrected chi connectivity index (χ0v) is 17.3. The fourth-order valence-electron chi connectivity index (χ4n) is 2.77. The molecule has 0 aliphatic carbocycles. The van der Waals surface area contributed by atoms with Gasteiger partial charge >= 0.3 is 0 Å². The van der Waals surface area contributed by atoms with E-state index in [4.69, 9.17) is 21.1 Å². The Hall–Kier alpha value is -2.75. The van der Waals surface area contributed by atoms with Gasteiger partial charge in [-0.25, -0.2) is 0 Å². The van der Waals surface area contributed by atoms with Gasteiger partial charge in [0.15, 0.2) is 4.80 Å². The van der Waals surface area contributed by atoms with Crippen molar-refractivity contribution >= 4 is 44.7 Å². The van der Waals surface area contributed by atoms with E-state index in [0.717, 1.165) is 10.2 Å². The smallest absolute Gasteiger partial charge is 0.286 e. The third-order valence-electron chi connectivity index (χ3n) is 4.14. The minimum Gasteiger partial charge on any atom is -0.497 e. The Kier molecular flexibility index (Phi) is 6.63. The molecule has 1 heterocycles. The predicted molar refractivity (Wildman–Crippen MR) is 111 cm³/mol. The number of carbonyl (C=O) groups excluding carboxylic acids is 1. The van der Waals surface area contributed by atoms with Gasteiger partial charge in [0, 0.05) is 24.2 Å². The van der Waals surface area contributed by atoms with Crippen LogP contribution >= 0.6 is 22.9 Å². The highest BCUT2D eigenvalue weighted by molar-refractivity contribution is 7.16. The number of hydrogen-bond donors (Lipinski definition) is 0. The molecule has 0 fully saturated rings. The second-order valence-electron chi connectivity index (χ2n) is 5.90. The van der Waals surface area contributed by atoms with Crippen LogP contribution in [0.5, 0.6) is 5.75 Å². The van der Waals surface area contributed by atoms with Gasteiger partial charge in [-0.3, -0.25) is 14.9 Å². The van der Waals surface area contributed by atoms with Crippen LogP contribution < -0.4 is 9.54 Å². The summed E-state index contributed by atoms with van der Waals surface area (Å²) in [6.45, 7) is 3.38. The number of methoxy groups -OCH3 is 1. The second-order valence-corrected chi connectivity index (χ2v) is 7.35. The number of aromatic nitrogens is 1. The minimum absolute atomic E-state index is 0.158. The largest absolute Gasteiger partial charge is 0.497 e. The molecule has 2 aromatic carbocycles. The molecule has 0 unspecified atom stereocenters. The second kappa shape index (κ2) is 9.17. The van der Waals surface area contributed by atoms with Crippen molar-refractivity contribution in [2.75, 3.05) is 20.3 Å². The van der Waals surface area contributed by atoms with E-state index < -0.39 is 10.8 Å². The van der Waals surface area contributed by atoms with Crippen molar-refractivity contribution in [3.8, 4) is 5.75 Å². The van der Waals surface area contributed by atoms with Crippen molar-refractivity contribution in [2.45, 2.75) is 13.5 Å². The zero-order chi connectivity index (χ0) is 21.0. The Morgan fingerprint density at radius 1 is 1.31 bits per heavy atom. The first-order valence-corrected chi connectivity index (χ1v) is 9.92. The Bertz CT molecular complexity index is 1140. The number of nitro groups is 1. The average Bonchev–Trinajstić information content (AvgIpc) is 3.04. The molecule has 8 nitrogen and oxygen atoms in total. The van der Waals surface area contributed by atoms with Crippen LogP contribution in [0.1, 0.15) is 17.3 Å². The number of rotatable bonds is 7. The summed E-state index contributed by atoms with van der Waals surface area (Å²) in [6.07, 6.45) is 0. The van der Waals surface area contributed by atoms with E-state index >= 15 is 0 Å². The number of fused-ring (bicyclic) bond motifs is 1. The predicted octanol–water partition coefficient (Wildman–Crippen LogP) is 4.05. The molecule has 1 aromatic heterocycles. The van der Waals surface area contributed by atoms with Gasteiger partial charge in [-0.15, -0.1) is 0 Å². The summed E-state index contributed by atoms with van der Waals surface area (Å²) < 4.78 is 13.4. The van der Waals surface area contributed by atoms with Crippen LogP contribution in [0.3, 0.4) is 0 Å². The van der Waals surface area contributed by atoms with Crippen molar-refractivity contribution in [3.63, 3.8) is 0 Å². The molecule has 0 N–H and O–H groups in total. The monoisotopic (exact) mass is 435 g/mol. The molecule has 0 aliphatic heterocycles. The number of benzene rings is 2. The first-order chi connectivity index (χ1) is 13.9. The Labute approximate surface area is 175 Å². The molecule has 29 heavy (non-hydrogen) atoms. The van der Waals surface area contributed by atoms with Gasteiger partial charge in [-0.1, -0.05) is 22.9 Å². The average molecular weight is 436 g/mol. The number of nitrogens with zero attached hydrogens (tertiary/aromatic N) is 3. The Morgan fingerprint density at radius 2 is 2.10 bits per heavy atom. The summed E-state index contributed by atoms with van der Waals surface area (Å²) in [7, 11) is 1.57. The summed E-state index contributed by atoms with van der Waals surface area (Å²) in [4.78, 5) is 28.0. The fourth-order valence-corrected chi connectivity index (χ4v) is 4.02. The van der Waals surface area contributed by atoms with E-state index in [0.29, 0.717) is 30.3 Å². The number of amides is 1. The molecule has 0 bridgehead atoms. The number of halogens is 1. The van der Waals surface area contributed by atoms with Gasteiger partial charge in [0.2, 0.25) is 0 Å². The normalized spacial score (nSPS) is 11.8. The third-order valence-corrected chi connectivity index (χ3v) is 5.41. The van der Waals surface area contributed by atoms with Gasteiger partial charge < -0.3 is 14.0 Å². The topological polar surface area (TPSA) is 96.0 Å². The molecule has 0 saturated heterocycles. The van der Waals surface area contributed by atoms with E-state index in [1.807, 2.05) is 29.7 Å². The summed E-state index contributed by atoms with van der Waals surface area (Å²) >= 11 is 7.22. The first-order valence-electron chi connectivity index (χ1n) is 8.72. The van der Waals surface area contributed by atoms with Crippen molar-refractivity contribution in [1.82, 2.24) is 4.57 Å². The molecule has 0 spiro atoms. The van der Waals surface area contributed by atoms with E-state index in [1.165, 1.54) is 29.5 Å². The van der Waals surface area contributed by atoms with Crippen molar-refractivity contribution < 1.29 is 19.2 Å². The lowest BCUT2D eigenvalue weighted by Crippen LogP contribution is -2.20. The van der Waals surface area contributed by atoms with Crippen molar-refractivity contribution in [2.24, 2.45) is 4.99 Å². The molecule has 152 valence electrons. The summed E-state index contributed by atoms with van der Waals surface area (Å²) in [5.41, 5.74) is 0.364. The molecule has 0 saturated carbocycles. The van der Waals surface area contributed by atoms with Crippen LogP contribution in [-0.4, -0.2) is 35.7 Å². The van der Waals surface area contributed by atoms with Gasteiger partial charge in [0.05, 0.1) is 28.9 Å². The number of ether oxygens (including phenoxy) is 2. The Balaban J connectivity index is 2.13. The van der Waals surface area contributed by atoms with Crippen molar-refractivity contribution in [1.29, 1.82) is 0 Å². The van der Waals surface area contributed by atoms with E-state index in [2.05, 4.69) is 4.99 Å². The van der Waals surface area contributed by atoms with Gasteiger partial charge in [-0.2, -0.15) is 4.99 Å². The highest BCUT2D eigenvalue weighted by Gasteiger charge is 2.21. The summed E-state index contributed by atoms with van der Waals surface area (Å²) in [6, 6.07) is 9.37. The number of carbonyl (C=O) groups is 1. The lowest BCUT2D eigenvalue weighted by molar-refractivity contribution is -0.385. The lowest BCUT2D eigenvalue weighted by Gasteiger charge is -2.06. The molecular weight excluding hydrogens is 418 g/mol. The molecule has 3 aromatic rings. The van der Waals surface area contributed by atoms with Crippen LogP contribution in [0.25, 0.3) is 10.2 Å². The van der Waals surface area contributed by atoms with Crippen LogP contribution in [0.4, 0.5) is 5.69 Å². The van der Waals surface area contributed by atoms with Crippen LogP contribution in [0.15, 0.2) is 41.4 Å². The van der Waals surface area contributed by atoms with Gasteiger partial charge in [-0.05, 0) is 37.3 Å². The molecule has 1 amide bonds. The lowest BCUT2D eigenvalue weighted by atomic mass is 10.2. The SMILES string of the molecule is CCOCCn1c(=NC(=O)c2cc(Cl)ccc2[N+](=O)[O-])sc2cc(OC)ccc21. The van der Waals surface area contributed by atoms with Crippen molar-refractivity contribution in [3.05, 3.63) is 61.9 Å². The zero-order valence-electron chi connectivity index (χ0n) is 15.8. The Morgan fingerprint density at radius 3 is 2.79 bits per heavy atom. The van der Waals surface area contributed by atoms with E-state index in [9.17, 15) is 14.9 Å². The fraction of sp³-hybridized carbons (Fsp3) is 0.263. The maximum atomic E-state index is 12.8. The highest BCUT2D eigenvalue weighted by Crippen LogP contribution is 2.25. The molecule has 0 radical (unpaired) electrons. The van der Waals surface area contributed by atoms with Crippen LogP contribution in [0.2, 0.25) is 5.02 Å². The highest BCUT2D eigenvalue weighted by atomic mass is 35.5. The van der Waals surface area contributed by atoms with Crippen LogP contribution in [-0.2, 0) is 11.3 Å². The molecular formula is C19H18ClN3O5S. The van der Waals surface area contributed by atoms with E-state index in [-0.39, 0.29) is 16.3 Å². The molecule has 0 atom stereocenters. The van der Waals surface area contributed by atoms with E-state index in [1.54, 1.807) is 7.11 Å². The number of nitro benzene ring substituents is 1. The van der Waals surface area contributed by atoms with Gasteiger partial charge in [0.1, 0.15) is 11.3 Å². The standard InChI is InChI=1S/C19H18ClN3O5S/c1-3-28-9-8-22-16-7-5-13(27-2)11-17(16)29-19(22)21-18(24)14-10-12(20)4-6-15(14)23(25)26/h4-7,10-11H,3,8-9H2,1-2H3. The first kappa shape index (κ1) is 21.0. The quantitative estimate of drug-likeness (QED) is 0.317.